The molecule has 0 spiro atoms. The van der Waals surface area contributed by atoms with Crippen LogP contribution < -0.4 is 0 Å². The number of rotatable bonds is 6. The van der Waals surface area contributed by atoms with Crippen LogP contribution in [0.15, 0.2) is 16.6 Å². The van der Waals surface area contributed by atoms with Gasteiger partial charge in [-0.05, 0) is 27.7 Å². The molecule has 6 nitrogen and oxygen atoms in total. The molecule has 23 heavy (non-hydrogen) atoms. The number of aryl methyl sites for hydroxylation is 2. The predicted octanol–water partition coefficient (Wildman–Crippen LogP) is 3.59. The average Bonchev–Trinajstić information content (AvgIpc) is 3.12. The number of thioether (sulfide) groups is 1. The zero-order valence-corrected chi connectivity index (χ0v) is 15.2. The molecule has 1 atom stereocenters. The van der Waals surface area contributed by atoms with Crippen LogP contribution >= 0.6 is 23.1 Å². The molecule has 0 aliphatic heterocycles. The summed E-state index contributed by atoms with van der Waals surface area (Å²) >= 11 is 3.26. The second-order valence-electron chi connectivity index (χ2n) is 5.18. The van der Waals surface area contributed by atoms with E-state index < -0.39 is 0 Å². The van der Waals surface area contributed by atoms with Crippen LogP contribution in [0.4, 0.5) is 0 Å². The van der Waals surface area contributed by atoms with Crippen molar-refractivity contribution >= 4 is 28.7 Å². The van der Waals surface area contributed by atoms with E-state index in [0.717, 1.165) is 38.8 Å². The SMILES string of the molecule is CCO[C@H](C)c1nc(CSc2nnc3cc(C)nc(C)n23)cs1. The lowest BCUT2D eigenvalue weighted by atomic mass is 10.4. The summed E-state index contributed by atoms with van der Waals surface area (Å²) < 4.78 is 7.56. The Labute approximate surface area is 143 Å². The minimum Gasteiger partial charge on any atom is -0.372 e. The van der Waals surface area contributed by atoms with Gasteiger partial charge in [0, 0.05) is 29.5 Å². The molecule has 0 fully saturated rings. The molecule has 0 unspecified atom stereocenters. The molecule has 0 bridgehead atoms. The molecule has 3 rings (SSSR count). The molecular weight excluding hydrogens is 330 g/mol. The van der Waals surface area contributed by atoms with Gasteiger partial charge >= 0.3 is 0 Å². The largest absolute Gasteiger partial charge is 0.372 e. The number of ether oxygens (including phenoxy) is 1. The van der Waals surface area contributed by atoms with E-state index >= 15 is 0 Å². The molecule has 0 amide bonds. The summed E-state index contributed by atoms with van der Waals surface area (Å²) in [4.78, 5) is 9.12. The number of fused-ring (bicyclic) bond motifs is 1. The van der Waals surface area contributed by atoms with E-state index in [0.29, 0.717) is 6.61 Å². The monoisotopic (exact) mass is 349 g/mol. The number of aromatic nitrogens is 5. The molecule has 8 heteroatoms. The molecule has 0 saturated heterocycles. The number of hydrogen-bond donors (Lipinski definition) is 0. The van der Waals surface area contributed by atoms with Crippen molar-refractivity contribution in [3.8, 4) is 0 Å². The van der Waals surface area contributed by atoms with Crippen molar-refractivity contribution < 1.29 is 4.74 Å². The fourth-order valence-corrected chi connectivity index (χ4v) is 4.14. The van der Waals surface area contributed by atoms with Crippen molar-refractivity contribution in [1.82, 2.24) is 24.6 Å². The Kier molecular flexibility index (Phi) is 4.93. The van der Waals surface area contributed by atoms with Gasteiger partial charge in [0.25, 0.3) is 0 Å². The van der Waals surface area contributed by atoms with Crippen molar-refractivity contribution in [3.05, 3.63) is 33.7 Å². The third kappa shape index (κ3) is 3.54. The maximum absolute atomic E-state index is 5.58. The van der Waals surface area contributed by atoms with E-state index in [9.17, 15) is 0 Å². The molecule has 0 radical (unpaired) electrons. The zero-order chi connectivity index (χ0) is 16.4. The van der Waals surface area contributed by atoms with Crippen molar-refractivity contribution in [3.63, 3.8) is 0 Å². The van der Waals surface area contributed by atoms with Crippen LogP contribution in [0.1, 0.15) is 42.2 Å². The molecular formula is C15H19N5OS2. The Morgan fingerprint density at radius 2 is 2.13 bits per heavy atom. The first-order valence-corrected chi connectivity index (χ1v) is 9.33. The van der Waals surface area contributed by atoms with Gasteiger partial charge in [-0.1, -0.05) is 11.8 Å². The van der Waals surface area contributed by atoms with Gasteiger partial charge in [-0.25, -0.2) is 9.97 Å². The fourth-order valence-electron chi connectivity index (χ4n) is 2.33. The van der Waals surface area contributed by atoms with Crippen LogP contribution in [0, 0.1) is 13.8 Å². The second kappa shape index (κ2) is 6.94. The summed E-state index contributed by atoms with van der Waals surface area (Å²) in [5.41, 5.74) is 2.82. The Balaban J connectivity index is 1.74. The van der Waals surface area contributed by atoms with Gasteiger partial charge in [-0.2, -0.15) is 0 Å². The van der Waals surface area contributed by atoms with E-state index in [2.05, 4.69) is 25.5 Å². The summed E-state index contributed by atoms with van der Waals surface area (Å²) in [7, 11) is 0. The first kappa shape index (κ1) is 16.4. The first-order valence-electron chi connectivity index (χ1n) is 7.46. The van der Waals surface area contributed by atoms with Gasteiger partial charge in [-0.15, -0.1) is 21.5 Å². The molecule has 122 valence electrons. The average molecular weight is 349 g/mol. The number of thiazole rings is 1. The third-order valence-corrected chi connectivity index (χ3v) is 5.36. The molecule has 0 N–H and O–H groups in total. The van der Waals surface area contributed by atoms with Crippen molar-refractivity contribution in [1.29, 1.82) is 0 Å². The van der Waals surface area contributed by atoms with E-state index in [1.165, 1.54) is 0 Å². The fraction of sp³-hybridized carbons (Fsp3) is 0.467. The standard InChI is InChI=1S/C15H19N5OS2/c1-5-21-10(3)14-17-12(7-22-14)8-23-15-19-18-13-6-9(2)16-11(4)20(13)15/h6-7,10H,5,8H2,1-4H3/t10-/m1/s1. The van der Waals surface area contributed by atoms with E-state index in [1.807, 2.05) is 38.2 Å². The van der Waals surface area contributed by atoms with Gasteiger partial charge in [0.05, 0.1) is 5.69 Å². The highest BCUT2D eigenvalue weighted by molar-refractivity contribution is 7.98. The van der Waals surface area contributed by atoms with E-state index in [4.69, 9.17) is 4.74 Å². The van der Waals surface area contributed by atoms with Gasteiger partial charge in [0.2, 0.25) is 0 Å². The Hall–Kier alpha value is -1.51. The molecule has 0 aliphatic rings. The molecule has 3 aromatic rings. The Bertz CT molecular complexity index is 813. The maximum Gasteiger partial charge on any atom is 0.197 e. The van der Waals surface area contributed by atoms with Crippen LogP contribution in [-0.2, 0) is 10.5 Å². The minimum atomic E-state index is 0.0482. The predicted molar refractivity (Wildman–Crippen MR) is 92.0 cm³/mol. The lowest BCUT2D eigenvalue weighted by molar-refractivity contribution is 0.0761. The number of nitrogens with zero attached hydrogens (tertiary/aromatic N) is 5. The lowest BCUT2D eigenvalue weighted by Gasteiger charge is -2.07. The molecule has 3 heterocycles. The van der Waals surface area contributed by atoms with Crippen molar-refractivity contribution in [2.24, 2.45) is 0 Å². The van der Waals surface area contributed by atoms with Gasteiger partial charge in [0.15, 0.2) is 10.8 Å². The highest BCUT2D eigenvalue weighted by Gasteiger charge is 2.13. The highest BCUT2D eigenvalue weighted by Crippen LogP contribution is 2.26. The summed E-state index contributed by atoms with van der Waals surface area (Å²) in [6.45, 7) is 8.66. The van der Waals surface area contributed by atoms with Crippen LogP contribution in [0.3, 0.4) is 0 Å². The lowest BCUT2D eigenvalue weighted by Crippen LogP contribution is -1.99. The highest BCUT2D eigenvalue weighted by atomic mass is 32.2. The topological polar surface area (TPSA) is 65.2 Å². The normalized spacial score (nSPS) is 12.9. The van der Waals surface area contributed by atoms with E-state index in [-0.39, 0.29) is 6.10 Å². The smallest absolute Gasteiger partial charge is 0.197 e. The maximum atomic E-state index is 5.58. The number of hydrogen-bond acceptors (Lipinski definition) is 7. The van der Waals surface area contributed by atoms with Crippen LogP contribution in [-0.4, -0.2) is 31.2 Å². The summed E-state index contributed by atoms with van der Waals surface area (Å²) in [5, 5.41) is 12.4. The summed E-state index contributed by atoms with van der Waals surface area (Å²) in [6, 6.07) is 1.94. The summed E-state index contributed by atoms with van der Waals surface area (Å²) in [6.07, 6.45) is 0.0482. The molecule has 0 aliphatic carbocycles. The van der Waals surface area contributed by atoms with Crippen LogP contribution in [0.5, 0.6) is 0 Å². The molecule has 3 aromatic heterocycles. The minimum absolute atomic E-state index is 0.0482. The van der Waals surface area contributed by atoms with Crippen molar-refractivity contribution in [2.45, 2.75) is 44.7 Å². The first-order chi connectivity index (χ1) is 11.1. The van der Waals surface area contributed by atoms with Crippen LogP contribution in [0.25, 0.3) is 5.65 Å². The van der Waals surface area contributed by atoms with Gasteiger partial charge in [-0.3, -0.25) is 4.40 Å². The summed E-state index contributed by atoms with van der Waals surface area (Å²) in [5.74, 6) is 1.65. The van der Waals surface area contributed by atoms with Gasteiger partial charge in [0.1, 0.15) is 16.9 Å². The molecule has 0 aromatic carbocycles. The van der Waals surface area contributed by atoms with Gasteiger partial charge < -0.3 is 4.74 Å². The second-order valence-corrected chi connectivity index (χ2v) is 7.02. The Morgan fingerprint density at radius 3 is 2.91 bits per heavy atom. The van der Waals surface area contributed by atoms with Crippen LogP contribution in [0.2, 0.25) is 0 Å². The third-order valence-electron chi connectivity index (χ3n) is 3.34. The quantitative estimate of drug-likeness (QED) is 0.634. The molecule has 0 saturated carbocycles. The van der Waals surface area contributed by atoms with Crippen molar-refractivity contribution in [2.75, 3.05) is 6.61 Å². The Morgan fingerprint density at radius 1 is 1.30 bits per heavy atom. The zero-order valence-electron chi connectivity index (χ0n) is 13.6. The van der Waals surface area contributed by atoms with E-state index in [1.54, 1.807) is 23.1 Å².